The molecule has 0 saturated carbocycles. The molecule has 1 heterocycles. The summed E-state index contributed by atoms with van der Waals surface area (Å²) >= 11 is 0. The number of rotatable bonds is 1. The molecule has 0 saturated heterocycles. The highest BCUT2D eigenvalue weighted by Crippen LogP contribution is 2.26. The first-order chi connectivity index (χ1) is 6.20. The summed E-state index contributed by atoms with van der Waals surface area (Å²) in [4.78, 5) is 11.5. The molecule has 0 amide bonds. The van der Waals surface area contributed by atoms with Gasteiger partial charge in [-0.15, -0.1) is 0 Å². The molecular formula is C10H12N2O. The number of hydrogen-bond donors (Lipinski definition) is 0. The van der Waals surface area contributed by atoms with E-state index in [4.69, 9.17) is 0 Å². The maximum atomic E-state index is 11.5. The smallest absolute Gasteiger partial charge is 0.165 e. The first-order valence-corrected chi connectivity index (χ1v) is 4.42. The van der Waals surface area contributed by atoms with Crippen LogP contribution in [0, 0.1) is 6.92 Å². The topological polar surface area (TPSA) is 34.9 Å². The van der Waals surface area contributed by atoms with Gasteiger partial charge < -0.3 is 0 Å². The molecular weight excluding hydrogens is 164 g/mol. The van der Waals surface area contributed by atoms with Crippen molar-refractivity contribution in [3.63, 3.8) is 0 Å². The zero-order chi connectivity index (χ0) is 9.42. The van der Waals surface area contributed by atoms with Crippen LogP contribution in [0.25, 0.3) is 5.57 Å². The minimum atomic E-state index is 0.242. The number of aryl methyl sites for hydroxylation is 2. The maximum absolute atomic E-state index is 11.5. The molecule has 3 nitrogen and oxygen atoms in total. The molecule has 0 fully saturated rings. The van der Waals surface area contributed by atoms with Crippen LogP contribution in [0.5, 0.6) is 0 Å². The van der Waals surface area contributed by atoms with Gasteiger partial charge in [-0.2, -0.15) is 5.10 Å². The summed E-state index contributed by atoms with van der Waals surface area (Å²) in [5.74, 6) is 0.242. The Morgan fingerprint density at radius 2 is 2.31 bits per heavy atom. The Labute approximate surface area is 77.1 Å². The summed E-state index contributed by atoms with van der Waals surface area (Å²) in [6.45, 7) is 1.98. The van der Waals surface area contributed by atoms with Crippen LogP contribution >= 0.6 is 0 Å². The van der Waals surface area contributed by atoms with E-state index < -0.39 is 0 Å². The number of aromatic nitrogens is 2. The lowest BCUT2D eigenvalue weighted by Crippen LogP contribution is -2.03. The standard InChI is InChI=1S/C10H12N2O/c1-7-6-11-12(2)10(7)8-4-3-5-9(8)13/h4,6H,3,5H2,1-2H3. The Bertz CT molecular complexity index is 368. The van der Waals surface area contributed by atoms with Gasteiger partial charge in [-0.25, -0.2) is 0 Å². The number of hydrogen-bond acceptors (Lipinski definition) is 2. The van der Waals surface area contributed by atoms with E-state index in [2.05, 4.69) is 5.10 Å². The number of nitrogens with zero attached hydrogens (tertiary/aromatic N) is 2. The molecule has 0 aliphatic heterocycles. The van der Waals surface area contributed by atoms with Crippen LogP contribution in [-0.2, 0) is 11.8 Å². The zero-order valence-electron chi connectivity index (χ0n) is 7.87. The number of carbonyl (C=O) groups excluding carboxylic acids is 1. The van der Waals surface area contributed by atoms with Gasteiger partial charge in [0.25, 0.3) is 0 Å². The highest BCUT2D eigenvalue weighted by Gasteiger charge is 2.20. The van der Waals surface area contributed by atoms with Crippen molar-refractivity contribution in [1.29, 1.82) is 0 Å². The Balaban J connectivity index is 2.51. The molecule has 0 spiro atoms. The Morgan fingerprint density at radius 1 is 1.54 bits per heavy atom. The fourth-order valence-corrected chi connectivity index (χ4v) is 1.76. The van der Waals surface area contributed by atoms with Crippen LogP contribution in [0.15, 0.2) is 12.3 Å². The molecule has 2 rings (SSSR count). The van der Waals surface area contributed by atoms with Crippen molar-refractivity contribution in [2.75, 3.05) is 0 Å². The van der Waals surface area contributed by atoms with Gasteiger partial charge in [-0.1, -0.05) is 6.08 Å². The molecule has 13 heavy (non-hydrogen) atoms. The minimum Gasteiger partial charge on any atom is -0.294 e. The fourth-order valence-electron chi connectivity index (χ4n) is 1.76. The lowest BCUT2D eigenvalue weighted by molar-refractivity contribution is -0.113. The van der Waals surface area contributed by atoms with Gasteiger partial charge in [0.15, 0.2) is 5.78 Å². The molecule has 0 atom stereocenters. The molecule has 1 aliphatic rings. The maximum Gasteiger partial charge on any atom is 0.165 e. The van der Waals surface area contributed by atoms with Crippen LogP contribution in [0.3, 0.4) is 0 Å². The Hall–Kier alpha value is -1.38. The summed E-state index contributed by atoms with van der Waals surface area (Å²) in [5.41, 5.74) is 2.89. The monoisotopic (exact) mass is 176 g/mol. The molecule has 1 aliphatic carbocycles. The highest BCUT2D eigenvalue weighted by atomic mass is 16.1. The molecule has 3 heteroatoms. The van der Waals surface area contributed by atoms with Crippen molar-refractivity contribution in [3.05, 3.63) is 23.5 Å². The largest absolute Gasteiger partial charge is 0.294 e. The van der Waals surface area contributed by atoms with Crippen LogP contribution in [0.2, 0.25) is 0 Å². The normalized spacial score (nSPS) is 16.5. The van der Waals surface area contributed by atoms with Gasteiger partial charge in [-0.3, -0.25) is 9.48 Å². The van der Waals surface area contributed by atoms with Gasteiger partial charge in [0.1, 0.15) is 0 Å². The first-order valence-electron chi connectivity index (χ1n) is 4.42. The number of carbonyl (C=O) groups is 1. The minimum absolute atomic E-state index is 0.242. The summed E-state index contributed by atoms with van der Waals surface area (Å²) in [7, 11) is 1.87. The molecule has 1 aromatic rings. The van der Waals surface area contributed by atoms with Crippen LogP contribution in [0.1, 0.15) is 24.1 Å². The average Bonchev–Trinajstić information content (AvgIpc) is 2.60. The van der Waals surface area contributed by atoms with Gasteiger partial charge in [0.2, 0.25) is 0 Å². The highest BCUT2D eigenvalue weighted by molar-refractivity contribution is 6.22. The SMILES string of the molecule is Cc1cnn(C)c1C1=CCCC1=O. The quantitative estimate of drug-likeness (QED) is 0.649. The Kier molecular flexibility index (Phi) is 1.79. The van der Waals surface area contributed by atoms with Gasteiger partial charge in [-0.05, 0) is 18.9 Å². The number of allylic oxidation sites excluding steroid dienone is 2. The third-order valence-electron chi connectivity index (χ3n) is 2.40. The third-order valence-corrected chi connectivity index (χ3v) is 2.40. The van der Waals surface area contributed by atoms with Crippen molar-refractivity contribution in [1.82, 2.24) is 9.78 Å². The van der Waals surface area contributed by atoms with Crippen LogP contribution in [-0.4, -0.2) is 15.6 Å². The average molecular weight is 176 g/mol. The lowest BCUT2D eigenvalue weighted by Gasteiger charge is -2.02. The van der Waals surface area contributed by atoms with E-state index >= 15 is 0 Å². The predicted octanol–water partition coefficient (Wildman–Crippen LogP) is 1.47. The molecule has 0 radical (unpaired) electrons. The van der Waals surface area contributed by atoms with E-state index in [1.165, 1.54) is 0 Å². The summed E-state index contributed by atoms with van der Waals surface area (Å²) in [6.07, 6.45) is 5.33. The van der Waals surface area contributed by atoms with E-state index in [1.807, 2.05) is 20.0 Å². The molecule has 1 aromatic heterocycles. The van der Waals surface area contributed by atoms with Crippen molar-refractivity contribution in [2.45, 2.75) is 19.8 Å². The number of Topliss-reactive ketones (excluding diaryl/α,β-unsaturated/α-hetero) is 1. The first kappa shape index (κ1) is 8.23. The third kappa shape index (κ3) is 1.20. The van der Waals surface area contributed by atoms with Crippen molar-refractivity contribution >= 4 is 11.4 Å². The second-order valence-corrected chi connectivity index (χ2v) is 3.38. The zero-order valence-corrected chi connectivity index (χ0v) is 7.87. The van der Waals surface area contributed by atoms with Gasteiger partial charge in [0.05, 0.1) is 11.9 Å². The van der Waals surface area contributed by atoms with E-state index in [1.54, 1.807) is 10.9 Å². The summed E-state index contributed by atoms with van der Waals surface area (Å²) in [5, 5.41) is 4.12. The summed E-state index contributed by atoms with van der Waals surface area (Å²) < 4.78 is 1.77. The van der Waals surface area contributed by atoms with E-state index in [9.17, 15) is 4.79 Å². The van der Waals surface area contributed by atoms with E-state index in [0.717, 1.165) is 23.3 Å². The van der Waals surface area contributed by atoms with Crippen molar-refractivity contribution < 1.29 is 4.79 Å². The molecule has 68 valence electrons. The predicted molar refractivity (Wildman–Crippen MR) is 50.2 cm³/mol. The van der Waals surface area contributed by atoms with Crippen molar-refractivity contribution in [3.8, 4) is 0 Å². The van der Waals surface area contributed by atoms with Crippen molar-refractivity contribution in [2.24, 2.45) is 7.05 Å². The molecule has 0 N–H and O–H groups in total. The number of ketones is 1. The summed E-state index contributed by atoms with van der Waals surface area (Å²) in [6, 6.07) is 0. The molecule has 0 unspecified atom stereocenters. The van der Waals surface area contributed by atoms with E-state index in [-0.39, 0.29) is 5.78 Å². The lowest BCUT2D eigenvalue weighted by atomic mass is 10.1. The second kappa shape index (κ2) is 2.83. The van der Waals surface area contributed by atoms with E-state index in [0.29, 0.717) is 6.42 Å². The molecule has 0 aromatic carbocycles. The molecule has 0 bridgehead atoms. The second-order valence-electron chi connectivity index (χ2n) is 3.38. The van der Waals surface area contributed by atoms with Gasteiger partial charge in [0, 0.05) is 19.0 Å². The fraction of sp³-hybridized carbons (Fsp3) is 0.400. The van der Waals surface area contributed by atoms with Crippen LogP contribution < -0.4 is 0 Å². The Morgan fingerprint density at radius 3 is 2.77 bits per heavy atom. The van der Waals surface area contributed by atoms with Gasteiger partial charge >= 0.3 is 0 Å². The van der Waals surface area contributed by atoms with Crippen LogP contribution in [0.4, 0.5) is 0 Å².